The summed E-state index contributed by atoms with van der Waals surface area (Å²) in [4.78, 5) is 11.8. The molecule has 6 heteroatoms. The molecule has 2 aromatic rings. The molecule has 0 aliphatic carbocycles. The van der Waals surface area contributed by atoms with E-state index < -0.39 is 18.3 Å². The number of H-pyrrole nitrogens is 1. The second-order valence-corrected chi connectivity index (χ2v) is 6.13. The largest absolute Gasteiger partial charge is 0.494 e. The van der Waals surface area contributed by atoms with Crippen molar-refractivity contribution in [2.45, 2.75) is 38.9 Å². The lowest BCUT2D eigenvalue weighted by molar-refractivity contribution is 0.00578. The zero-order chi connectivity index (χ0) is 14.5. The van der Waals surface area contributed by atoms with Gasteiger partial charge in [-0.2, -0.15) is 5.10 Å². The number of rotatable bonds is 1. The SMILES string of the molecule is CC1(C)OB(c2ccc3cn[nH]c(=O)c3c2)OC1(C)C. The van der Waals surface area contributed by atoms with E-state index >= 15 is 0 Å². The lowest BCUT2D eigenvalue weighted by atomic mass is 9.78. The van der Waals surface area contributed by atoms with E-state index in [2.05, 4.69) is 10.2 Å². The lowest BCUT2D eigenvalue weighted by Gasteiger charge is -2.32. The highest BCUT2D eigenvalue weighted by Gasteiger charge is 2.51. The standard InChI is InChI=1S/C14H17BN2O3/c1-13(2)14(3,4)20-15(19-13)10-6-5-9-8-16-17-12(18)11(9)7-10/h5-8H,1-4H3,(H,17,18). The number of aromatic nitrogens is 2. The predicted octanol–water partition coefficient (Wildman–Crippen LogP) is 1.22. The molecule has 0 spiro atoms. The van der Waals surface area contributed by atoms with E-state index in [0.29, 0.717) is 5.39 Å². The van der Waals surface area contributed by atoms with Crippen molar-refractivity contribution in [2.24, 2.45) is 0 Å². The molecule has 0 atom stereocenters. The molecule has 0 radical (unpaired) electrons. The first-order valence-electron chi connectivity index (χ1n) is 6.63. The smallest absolute Gasteiger partial charge is 0.399 e. The molecule has 0 bridgehead atoms. The van der Waals surface area contributed by atoms with Crippen LogP contribution in [-0.4, -0.2) is 28.5 Å². The highest BCUT2D eigenvalue weighted by Crippen LogP contribution is 2.36. The molecule has 0 saturated carbocycles. The Hall–Kier alpha value is -1.66. The summed E-state index contributed by atoms with van der Waals surface area (Å²) >= 11 is 0. The number of aromatic amines is 1. The molecular weight excluding hydrogens is 255 g/mol. The zero-order valence-electron chi connectivity index (χ0n) is 12.1. The highest BCUT2D eigenvalue weighted by molar-refractivity contribution is 6.62. The summed E-state index contributed by atoms with van der Waals surface area (Å²) in [6.07, 6.45) is 1.63. The first-order valence-corrected chi connectivity index (χ1v) is 6.63. The highest BCUT2D eigenvalue weighted by atomic mass is 16.7. The summed E-state index contributed by atoms with van der Waals surface area (Å²) in [6, 6.07) is 5.57. The van der Waals surface area contributed by atoms with Crippen LogP contribution >= 0.6 is 0 Å². The van der Waals surface area contributed by atoms with Gasteiger partial charge in [0.05, 0.1) is 17.4 Å². The number of nitrogens with zero attached hydrogens (tertiary/aromatic N) is 1. The second-order valence-electron chi connectivity index (χ2n) is 6.13. The monoisotopic (exact) mass is 272 g/mol. The van der Waals surface area contributed by atoms with Gasteiger partial charge in [0.1, 0.15) is 0 Å². The maximum absolute atomic E-state index is 11.8. The van der Waals surface area contributed by atoms with Crippen LogP contribution in [0.25, 0.3) is 10.8 Å². The van der Waals surface area contributed by atoms with Gasteiger partial charge >= 0.3 is 7.12 Å². The molecule has 0 unspecified atom stereocenters. The van der Waals surface area contributed by atoms with E-state index in [1.54, 1.807) is 12.3 Å². The zero-order valence-corrected chi connectivity index (χ0v) is 12.1. The van der Waals surface area contributed by atoms with Crippen LogP contribution in [0.1, 0.15) is 27.7 Å². The second kappa shape index (κ2) is 4.17. The van der Waals surface area contributed by atoms with Crippen LogP contribution in [0.2, 0.25) is 0 Å². The van der Waals surface area contributed by atoms with Gasteiger partial charge in [0.25, 0.3) is 5.56 Å². The first kappa shape index (κ1) is 13.3. The fourth-order valence-corrected chi connectivity index (χ4v) is 2.23. The normalized spacial score (nSPS) is 20.5. The topological polar surface area (TPSA) is 64.2 Å². The van der Waals surface area contributed by atoms with Crippen LogP contribution in [0.5, 0.6) is 0 Å². The summed E-state index contributed by atoms with van der Waals surface area (Å²) in [6.45, 7) is 8.02. The predicted molar refractivity (Wildman–Crippen MR) is 78.1 cm³/mol. The van der Waals surface area contributed by atoms with Crippen molar-refractivity contribution in [1.82, 2.24) is 10.2 Å². The van der Waals surface area contributed by atoms with E-state index in [0.717, 1.165) is 10.8 Å². The Kier molecular flexibility index (Phi) is 2.78. The molecule has 5 nitrogen and oxygen atoms in total. The molecule has 1 aliphatic heterocycles. The van der Waals surface area contributed by atoms with E-state index in [4.69, 9.17) is 9.31 Å². The van der Waals surface area contributed by atoms with Gasteiger partial charge in [-0.3, -0.25) is 4.79 Å². The number of fused-ring (bicyclic) bond motifs is 1. The van der Waals surface area contributed by atoms with Gasteiger partial charge in [0, 0.05) is 10.8 Å². The summed E-state index contributed by atoms with van der Waals surface area (Å²) in [5.41, 5.74) is -0.150. The van der Waals surface area contributed by atoms with E-state index in [1.165, 1.54) is 0 Å². The number of hydrogen-bond acceptors (Lipinski definition) is 4. The van der Waals surface area contributed by atoms with Crippen LogP contribution in [-0.2, 0) is 9.31 Å². The third-order valence-corrected chi connectivity index (χ3v) is 4.22. The van der Waals surface area contributed by atoms with Crippen LogP contribution in [0.15, 0.2) is 29.2 Å². The molecule has 1 saturated heterocycles. The molecule has 1 N–H and O–H groups in total. The molecule has 0 amide bonds. The summed E-state index contributed by atoms with van der Waals surface area (Å²) in [7, 11) is -0.461. The maximum atomic E-state index is 11.8. The average Bonchev–Trinajstić information content (AvgIpc) is 2.59. The Labute approximate surface area is 117 Å². The minimum atomic E-state index is -0.461. The van der Waals surface area contributed by atoms with Crippen molar-refractivity contribution in [1.29, 1.82) is 0 Å². The lowest BCUT2D eigenvalue weighted by Crippen LogP contribution is -2.41. The van der Waals surface area contributed by atoms with Crippen molar-refractivity contribution in [3.63, 3.8) is 0 Å². The minimum absolute atomic E-state index is 0.208. The minimum Gasteiger partial charge on any atom is -0.399 e. The van der Waals surface area contributed by atoms with Crippen LogP contribution in [0.4, 0.5) is 0 Å². The summed E-state index contributed by atoms with van der Waals surface area (Å²) in [5, 5.41) is 7.61. The molecule has 3 rings (SSSR count). The van der Waals surface area contributed by atoms with Crippen LogP contribution in [0.3, 0.4) is 0 Å². The Morgan fingerprint density at radius 1 is 1.15 bits per heavy atom. The molecule has 1 aliphatic rings. The van der Waals surface area contributed by atoms with Gasteiger partial charge < -0.3 is 9.31 Å². The van der Waals surface area contributed by atoms with Crippen molar-refractivity contribution in [3.05, 3.63) is 34.7 Å². The van der Waals surface area contributed by atoms with Crippen LogP contribution in [0, 0.1) is 0 Å². The molecule has 1 fully saturated rings. The Bertz CT molecular complexity index is 708. The summed E-state index contributed by atoms with van der Waals surface area (Å²) in [5.74, 6) is 0. The third-order valence-electron chi connectivity index (χ3n) is 4.22. The molecule has 104 valence electrons. The van der Waals surface area contributed by atoms with E-state index in [1.807, 2.05) is 39.8 Å². The van der Waals surface area contributed by atoms with Gasteiger partial charge in [-0.25, -0.2) is 5.10 Å². The Balaban J connectivity index is 2.04. The maximum Gasteiger partial charge on any atom is 0.494 e. The molecule has 20 heavy (non-hydrogen) atoms. The van der Waals surface area contributed by atoms with Gasteiger partial charge in [0.15, 0.2) is 0 Å². The third kappa shape index (κ3) is 1.96. The van der Waals surface area contributed by atoms with Crippen molar-refractivity contribution in [3.8, 4) is 0 Å². The van der Waals surface area contributed by atoms with Crippen molar-refractivity contribution < 1.29 is 9.31 Å². The van der Waals surface area contributed by atoms with Gasteiger partial charge in [-0.1, -0.05) is 12.1 Å². The number of hydrogen-bond donors (Lipinski definition) is 1. The Morgan fingerprint density at radius 2 is 1.80 bits per heavy atom. The first-order chi connectivity index (χ1) is 9.30. The molecular formula is C14H17BN2O3. The van der Waals surface area contributed by atoms with Gasteiger partial charge in [-0.05, 0) is 39.2 Å². The van der Waals surface area contributed by atoms with Gasteiger partial charge in [0.2, 0.25) is 0 Å². The van der Waals surface area contributed by atoms with Gasteiger partial charge in [-0.15, -0.1) is 0 Å². The fraction of sp³-hybridized carbons (Fsp3) is 0.429. The summed E-state index contributed by atoms with van der Waals surface area (Å²) < 4.78 is 12.0. The van der Waals surface area contributed by atoms with Crippen molar-refractivity contribution >= 4 is 23.4 Å². The number of nitrogens with one attached hydrogen (secondary N) is 1. The molecule has 2 heterocycles. The number of benzene rings is 1. The molecule has 1 aromatic carbocycles. The van der Waals surface area contributed by atoms with E-state index in [9.17, 15) is 4.79 Å². The molecule has 1 aromatic heterocycles. The van der Waals surface area contributed by atoms with E-state index in [-0.39, 0.29) is 5.56 Å². The quantitative estimate of drug-likeness (QED) is 0.793. The van der Waals surface area contributed by atoms with Crippen molar-refractivity contribution in [2.75, 3.05) is 0 Å². The average molecular weight is 272 g/mol. The Morgan fingerprint density at radius 3 is 2.45 bits per heavy atom. The van der Waals surface area contributed by atoms with Crippen LogP contribution < -0.4 is 11.0 Å². The fourth-order valence-electron chi connectivity index (χ4n) is 2.23.